The van der Waals surface area contributed by atoms with Gasteiger partial charge >= 0.3 is 12.3 Å². The molecule has 14 heteroatoms. The third kappa shape index (κ3) is 8.75. The lowest BCUT2D eigenvalue weighted by Gasteiger charge is -2.34. The molecule has 3 heterocycles. The molecule has 274 valence electrons. The predicted molar refractivity (Wildman–Crippen MR) is 186 cm³/mol. The monoisotopic (exact) mass is 743 g/mol. The van der Waals surface area contributed by atoms with Gasteiger partial charge in [-0.25, -0.2) is 0 Å². The van der Waals surface area contributed by atoms with Crippen LogP contribution in [0.15, 0.2) is 93.7 Å². The van der Waals surface area contributed by atoms with Gasteiger partial charge in [-0.05, 0) is 79.6 Å². The fourth-order valence-electron chi connectivity index (χ4n) is 6.46. The van der Waals surface area contributed by atoms with Gasteiger partial charge < -0.3 is 24.3 Å². The van der Waals surface area contributed by atoms with Crippen LogP contribution in [0.2, 0.25) is 5.02 Å². The van der Waals surface area contributed by atoms with E-state index in [9.17, 15) is 36.3 Å². The Bertz CT molecular complexity index is 2020. The SMILES string of the molecule is O=C(N[C@H](C=C1CCN(c2ccccc2CN2CCCCC2=O)CC1)Cc1ccc(Cl)cc1)c1cc(=O)c2cc(OC(F)(F)C(F)(F)F)ccc2o1. The highest BCUT2D eigenvalue weighted by Gasteiger charge is 2.61. The first-order valence-corrected chi connectivity index (χ1v) is 17.2. The van der Waals surface area contributed by atoms with Crippen LogP contribution in [0.25, 0.3) is 11.0 Å². The largest absolute Gasteiger partial charge is 0.499 e. The van der Waals surface area contributed by atoms with E-state index in [1.54, 1.807) is 12.1 Å². The van der Waals surface area contributed by atoms with E-state index in [1.807, 2.05) is 35.2 Å². The molecule has 0 bridgehead atoms. The number of rotatable bonds is 10. The molecule has 1 N–H and O–H groups in total. The normalized spacial score (nSPS) is 16.2. The maximum absolute atomic E-state index is 13.5. The number of likely N-dealkylation sites (tertiary alicyclic amines) is 1. The summed E-state index contributed by atoms with van der Waals surface area (Å²) in [6.45, 7) is 2.76. The van der Waals surface area contributed by atoms with Gasteiger partial charge in [0.15, 0.2) is 11.2 Å². The fraction of sp³-hybridized carbons (Fsp3) is 0.342. The molecule has 2 aliphatic rings. The summed E-state index contributed by atoms with van der Waals surface area (Å²) in [6.07, 6.45) is -5.14. The van der Waals surface area contributed by atoms with Gasteiger partial charge in [-0.2, -0.15) is 22.0 Å². The first kappa shape index (κ1) is 36.9. The molecule has 1 aromatic heterocycles. The number of nitrogens with one attached hydrogen (secondary N) is 1. The standard InChI is InChI=1S/C38H35ClF5N3O5/c39-27-10-8-24(9-11-27)19-28(20-25-14-17-46(18-15-25)31-6-2-1-5-26(31)23-47-16-4-3-7-35(47)49)45-36(50)34-22-32(48)30-21-29(12-13-33(30)51-34)52-38(43,44)37(40,41)42/h1-2,5-6,8-13,20-22,28H,3-4,7,14-19,23H2,(H,45,50)/t28-/m0/s1. The van der Waals surface area contributed by atoms with Crippen LogP contribution in [0.4, 0.5) is 27.6 Å². The molecular weight excluding hydrogens is 709 g/mol. The van der Waals surface area contributed by atoms with E-state index in [4.69, 9.17) is 16.0 Å². The summed E-state index contributed by atoms with van der Waals surface area (Å²) >= 11 is 6.09. The van der Waals surface area contributed by atoms with Crippen LogP contribution in [0, 0.1) is 0 Å². The van der Waals surface area contributed by atoms with Crippen molar-refractivity contribution in [2.24, 2.45) is 0 Å². The summed E-state index contributed by atoms with van der Waals surface area (Å²) in [6, 6.07) is 18.1. The van der Waals surface area contributed by atoms with Crippen molar-refractivity contribution in [2.75, 3.05) is 24.5 Å². The number of para-hydroxylation sites is 1. The van der Waals surface area contributed by atoms with E-state index in [0.29, 0.717) is 43.3 Å². The number of carbonyl (C=O) groups is 2. The minimum atomic E-state index is -5.97. The van der Waals surface area contributed by atoms with E-state index in [2.05, 4.69) is 27.1 Å². The van der Waals surface area contributed by atoms with Gasteiger partial charge in [0.25, 0.3) is 5.91 Å². The minimum absolute atomic E-state index is 0.178. The van der Waals surface area contributed by atoms with Crippen LogP contribution in [-0.4, -0.2) is 54.7 Å². The molecule has 2 saturated heterocycles. The van der Waals surface area contributed by atoms with Crippen molar-refractivity contribution in [3.63, 3.8) is 0 Å². The summed E-state index contributed by atoms with van der Waals surface area (Å²) in [7, 11) is 0. The van der Waals surface area contributed by atoms with Crippen molar-refractivity contribution in [2.45, 2.75) is 63.4 Å². The summed E-state index contributed by atoms with van der Waals surface area (Å²) in [4.78, 5) is 43.1. The molecule has 1 atom stereocenters. The zero-order valence-electron chi connectivity index (χ0n) is 27.9. The van der Waals surface area contributed by atoms with Gasteiger partial charge in [-0.1, -0.05) is 53.6 Å². The molecule has 52 heavy (non-hydrogen) atoms. The number of amides is 2. The Morgan fingerprint density at radius 3 is 2.37 bits per heavy atom. The average Bonchev–Trinajstić information content (AvgIpc) is 3.10. The van der Waals surface area contributed by atoms with E-state index >= 15 is 0 Å². The van der Waals surface area contributed by atoms with E-state index in [0.717, 1.165) is 73.1 Å². The molecule has 2 amide bonds. The van der Waals surface area contributed by atoms with Crippen LogP contribution < -0.4 is 20.4 Å². The van der Waals surface area contributed by atoms with Crippen LogP contribution >= 0.6 is 11.6 Å². The highest BCUT2D eigenvalue weighted by molar-refractivity contribution is 6.30. The lowest BCUT2D eigenvalue weighted by atomic mass is 9.97. The first-order chi connectivity index (χ1) is 24.8. The third-order valence-corrected chi connectivity index (χ3v) is 9.39. The zero-order chi connectivity index (χ0) is 37.0. The second kappa shape index (κ2) is 15.4. The number of piperidine rings is 2. The number of ether oxygens (including phenoxy) is 1. The number of fused-ring (bicyclic) bond motifs is 1. The van der Waals surface area contributed by atoms with Crippen molar-refractivity contribution in [1.82, 2.24) is 10.2 Å². The van der Waals surface area contributed by atoms with Crippen LogP contribution in [0.5, 0.6) is 5.75 Å². The van der Waals surface area contributed by atoms with Gasteiger partial charge in [-0.15, -0.1) is 0 Å². The summed E-state index contributed by atoms with van der Waals surface area (Å²) < 4.78 is 74.2. The molecular formula is C38H35ClF5N3O5. The smallest absolute Gasteiger partial charge is 0.451 e. The number of nitrogens with zero attached hydrogens (tertiary/aromatic N) is 2. The molecule has 2 fully saturated rings. The van der Waals surface area contributed by atoms with Crippen molar-refractivity contribution in [3.05, 3.63) is 117 Å². The Labute approximate surface area is 300 Å². The molecule has 0 spiro atoms. The van der Waals surface area contributed by atoms with Crippen molar-refractivity contribution in [3.8, 4) is 5.75 Å². The summed E-state index contributed by atoms with van der Waals surface area (Å²) in [5.41, 5.74) is 3.14. The number of alkyl halides is 5. The topological polar surface area (TPSA) is 92.1 Å². The lowest BCUT2D eigenvalue weighted by molar-refractivity contribution is -0.360. The van der Waals surface area contributed by atoms with Gasteiger partial charge in [-0.3, -0.25) is 14.4 Å². The zero-order valence-corrected chi connectivity index (χ0v) is 28.6. The average molecular weight is 744 g/mol. The number of hydrogen-bond acceptors (Lipinski definition) is 6. The maximum atomic E-state index is 13.5. The molecule has 2 aliphatic heterocycles. The highest BCUT2D eigenvalue weighted by Crippen LogP contribution is 2.38. The number of hydrogen-bond donors (Lipinski definition) is 1. The molecule has 4 aromatic rings. The number of anilines is 1. The molecule has 6 rings (SSSR count). The van der Waals surface area contributed by atoms with Gasteiger partial charge in [0.1, 0.15) is 11.3 Å². The molecule has 0 saturated carbocycles. The second-order valence-corrected chi connectivity index (χ2v) is 13.3. The molecule has 0 radical (unpaired) electrons. The summed E-state index contributed by atoms with van der Waals surface area (Å²) in [5.74, 6) is -1.82. The van der Waals surface area contributed by atoms with Crippen LogP contribution in [0.1, 0.15) is 53.8 Å². The number of carbonyl (C=O) groups excluding carboxylic acids is 2. The minimum Gasteiger partial charge on any atom is -0.451 e. The number of halogens is 6. The molecule has 0 aliphatic carbocycles. The molecule has 0 unspecified atom stereocenters. The Morgan fingerprint density at radius 2 is 1.65 bits per heavy atom. The van der Waals surface area contributed by atoms with Crippen molar-refractivity contribution in [1.29, 1.82) is 0 Å². The molecule has 8 nitrogen and oxygen atoms in total. The lowest BCUT2D eigenvalue weighted by Crippen LogP contribution is -2.41. The first-order valence-electron chi connectivity index (χ1n) is 16.8. The summed E-state index contributed by atoms with van der Waals surface area (Å²) in [5, 5.41) is 3.12. The Kier molecular flexibility index (Phi) is 10.9. The maximum Gasteiger partial charge on any atom is 0.499 e. The van der Waals surface area contributed by atoms with Crippen molar-refractivity contribution < 1.29 is 40.7 Å². The van der Waals surface area contributed by atoms with Crippen LogP contribution in [-0.2, 0) is 17.8 Å². The second-order valence-electron chi connectivity index (χ2n) is 12.9. The van der Waals surface area contributed by atoms with E-state index < -0.39 is 35.4 Å². The van der Waals surface area contributed by atoms with Gasteiger partial charge in [0.2, 0.25) is 5.91 Å². The Morgan fingerprint density at radius 1 is 0.923 bits per heavy atom. The van der Waals surface area contributed by atoms with E-state index in [-0.39, 0.29) is 22.6 Å². The van der Waals surface area contributed by atoms with E-state index in [1.165, 1.54) is 0 Å². The van der Waals surface area contributed by atoms with Gasteiger partial charge in [0, 0.05) is 49.4 Å². The van der Waals surface area contributed by atoms with Gasteiger partial charge in [0.05, 0.1) is 11.4 Å². The predicted octanol–water partition coefficient (Wildman–Crippen LogP) is 8.06. The molecule has 3 aromatic carbocycles. The highest BCUT2D eigenvalue weighted by atomic mass is 35.5. The Balaban J connectivity index is 1.18. The van der Waals surface area contributed by atoms with Crippen LogP contribution in [0.3, 0.4) is 0 Å². The third-order valence-electron chi connectivity index (χ3n) is 9.14. The fourth-order valence-corrected chi connectivity index (χ4v) is 6.58. The quantitative estimate of drug-likeness (QED) is 0.131. The number of benzene rings is 3. The van der Waals surface area contributed by atoms with Crippen molar-refractivity contribution >= 4 is 40.1 Å². The Hall–Kier alpha value is -4.91.